The van der Waals surface area contributed by atoms with Crippen LogP contribution in [0.3, 0.4) is 0 Å². The van der Waals surface area contributed by atoms with Gasteiger partial charge in [0.05, 0.1) is 17.9 Å². The SMILES string of the molecule is CCOc1c(N)cccc1C(=O)NC1CCN(C)CC1. The Kier molecular flexibility index (Phi) is 4.84. The molecule has 0 bridgehead atoms. The van der Waals surface area contributed by atoms with Gasteiger partial charge in [0.2, 0.25) is 0 Å². The summed E-state index contributed by atoms with van der Waals surface area (Å²) in [4.78, 5) is 14.7. The van der Waals surface area contributed by atoms with Crippen LogP contribution >= 0.6 is 0 Å². The van der Waals surface area contributed by atoms with Gasteiger partial charge in [-0.2, -0.15) is 0 Å². The molecule has 0 spiro atoms. The Balaban J connectivity index is 2.07. The minimum absolute atomic E-state index is 0.102. The van der Waals surface area contributed by atoms with E-state index in [9.17, 15) is 4.79 Å². The van der Waals surface area contributed by atoms with E-state index in [0.29, 0.717) is 23.6 Å². The zero-order chi connectivity index (χ0) is 14.5. The van der Waals surface area contributed by atoms with Gasteiger partial charge in [-0.3, -0.25) is 4.79 Å². The Morgan fingerprint density at radius 2 is 2.15 bits per heavy atom. The number of piperidine rings is 1. The molecule has 1 aliphatic heterocycles. The Morgan fingerprint density at radius 1 is 1.45 bits per heavy atom. The summed E-state index contributed by atoms with van der Waals surface area (Å²) in [7, 11) is 2.10. The normalized spacial score (nSPS) is 16.9. The molecule has 2 rings (SSSR count). The van der Waals surface area contributed by atoms with E-state index >= 15 is 0 Å². The Hall–Kier alpha value is -1.75. The first kappa shape index (κ1) is 14.7. The summed E-state index contributed by atoms with van der Waals surface area (Å²) in [5.41, 5.74) is 6.91. The van der Waals surface area contributed by atoms with Crippen LogP contribution < -0.4 is 15.8 Å². The van der Waals surface area contributed by atoms with Gasteiger partial charge >= 0.3 is 0 Å². The van der Waals surface area contributed by atoms with E-state index in [1.165, 1.54) is 0 Å². The van der Waals surface area contributed by atoms with Crippen molar-refractivity contribution >= 4 is 11.6 Å². The number of ether oxygens (including phenoxy) is 1. The predicted octanol–water partition coefficient (Wildman–Crippen LogP) is 1.49. The summed E-state index contributed by atoms with van der Waals surface area (Å²) >= 11 is 0. The number of nitrogens with zero attached hydrogens (tertiary/aromatic N) is 1. The topological polar surface area (TPSA) is 67.6 Å². The van der Waals surface area contributed by atoms with Crippen LogP contribution in [0.25, 0.3) is 0 Å². The number of nitrogens with one attached hydrogen (secondary N) is 1. The van der Waals surface area contributed by atoms with Gasteiger partial charge in [0.25, 0.3) is 5.91 Å². The quantitative estimate of drug-likeness (QED) is 0.818. The van der Waals surface area contributed by atoms with Crippen LogP contribution in [0.4, 0.5) is 5.69 Å². The molecule has 110 valence electrons. The lowest BCUT2D eigenvalue weighted by Gasteiger charge is -2.29. The van der Waals surface area contributed by atoms with Crippen molar-refractivity contribution in [3.05, 3.63) is 23.8 Å². The minimum atomic E-state index is -0.102. The molecule has 0 unspecified atom stereocenters. The fraction of sp³-hybridized carbons (Fsp3) is 0.533. The number of nitrogens with two attached hydrogens (primary N) is 1. The highest BCUT2D eigenvalue weighted by atomic mass is 16.5. The summed E-state index contributed by atoms with van der Waals surface area (Å²) in [6.07, 6.45) is 1.96. The van der Waals surface area contributed by atoms with E-state index in [-0.39, 0.29) is 11.9 Å². The van der Waals surface area contributed by atoms with E-state index in [1.807, 2.05) is 6.92 Å². The zero-order valence-corrected chi connectivity index (χ0v) is 12.2. The lowest BCUT2D eigenvalue weighted by molar-refractivity contribution is 0.0913. The summed E-state index contributed by atoms with van der Waals surface area (Å²) < 4.78 is 5.50. The van der Waals surface area contributed by atoms with Crippen LogP contribution in [-0.2, 0) is 0 Å². The number of amides is 1. The zero-order valence-electron chi connectivity index (χ0n) is 12.2. The number of hydrogen-bond donors (Lipinski definition) is 2. The molecule has 1 heterocycles. The van der Waals surface area contributed by atoms with Crippen LogP contribution in [0.5, 0.6) is 5.75 Å². The molecule has 5 heteroatoms. The monoisotopic (exact) mass is 277 g/mol. The number of benzene rings is 1. The van der Waals surface area contributed by atoms with Crippen molar-refractivity contribution in [2.45, 2.75) is 25.8 Å². The molecular weight excluding hydrogens is 254 g/mol. The van der Waals surface area contributed by atoms with Crippen molar-refractivity contribution in [3.8, 4) is 5.75 Å². The van der Waals surface area contributed by atoms with Gasteiger partial charge in [0, 0.05) is 6.04 Å². The molecule has 1 aromatic carbocycles. The smallest absolute Gasteiger partial charge is 0.255 e. The van der Waals surface area contributed by atoms with Crippen LogP contribution in [0.2, 0.25) is 0 Å². The molecule has 1 fully saturated rings. The van der Waals surface area contributed by atoms with Crippen molar-refractivity contribution in [3.63, 3.8) is 0 Å². The third-order valence-corrected chi connectivity index (χ3v) is 3.63. The molecule has 1 amide bonds. The average molecular weight is 277 g/mol. The Bertz CT molecular complexity index is 468. The standard InChI is InChI=1S/C15H23N3O2/c1-3-20-14-12(5-4-6-13(14)16)15(19)17-11-7-9-18(2)10-8-11/h4-6,11H,3,7-10,16H2,1-2H3,(H,17,19). The number of para-hydroxylation sites is 1. The lowest BCUT2D eigenvalue weighted by atomic mass is 10.0. The molecule has 1 aliphatic rings. The predicted molar refractivity (Wildman–Crippen MR) is 80.0 cm³/mol. The highest BCUT2D eigenvalue weighted by Crippen LogP contribution is 2.26. The van der Waals surface area contributed by atoms with E-state index < -0.39 is 0 Å². The van der Waals surface area contributed by atoms with E-state index in [2.05, 4.69) is 17.3 Å². The molecule has 3 N–H and O–H groups in total. The number of nitrogen functional groups attached to an aromatic ring is 1. The van der Waals surface area contributed by atoms with Crippen LogP contribution in [0, 0.1) is 0 Å². The fourth-order valence-corrected chi connectivity index (χ4v) is 2.46. The van der Waals surface area contributed by atoms with Gasteiger partial charge in [-0.1, -0.05) is 6.07 Å². The third kappa shape index (κ3) is 3.42. The molecule has 0 saturated carbocycles. The molecule has 1 aromatic rings. The van der Waals surface area contributed by atoms with Gasteiger partial charge < -0.3 is 20.7 Å². The highest BCUT2D eigenvalue weighted by Gasteiger charge is 2.21. The first-order valence-corrected chi connectivity index (χ1v) is 7.12. The van der Waals surface area contributed by atoms with Crippen molar-refractivity contribution < 1.29 is 9.53 Å². The van der Waals surface area contributed by atoms with Gasteiger partial charge in [-0.25, -0.2) is 0 Å². The average Bonchev–Trinajstić information content (AvgIpc) is 2.43. The fourth-order valence-electron chi connectivity index (χ4n) is 2.46. The summed E-state index contributed by atoms with van der Waals surface area (Å²) in [6, 6.07) is 5.51. The summed E-state index contributed by atoms with van der Waals surface area (Å²) in [5, 5.41) is 3.08. The van der Waals surface area contributed by atoms with Crippen LogP contribution in [0.1, 0.15) is 30.1 Å². The molecule has 0 radical (unpaired) electrons. The van der Waals surface area contributed by atoms with Crippen LogP contribution in [0.15, 0.2) is 18.2 Å². The molecule has 1 saturated heterocycles. The molecule has 0 aliphatic carbocycles. The molecule has 20 heavy (non-hydrogen) atoms. The van der Waals surface area contributed by atoms with E-state index in [1.54, 1.807) is 18.2 Å². The van der Waals surface area contributed by atoms with E-state index in [4.69, 9.17) is 10.5 Å². The number of anilines is 1. The molecule has 0 aromatic heterocycles. The highest BCUT2D eigenvalue weighted by molar-refractivity contribution is 5.98. The first-order valence-electron chi connectivity index (χ1n) is 7.12. The summed E-state index contributed by atoms with van der Waals surface area (Å²) in [5.74, 6) is 0.385. The number of likely N-dealkylation sites (tertiary alicyclic amines) is 1. The van der Waals surface area contributed by atoms with Crippen molar-refractivity contribution in [1.82, 2.24) is 10.2 Å². The maximum Gasteiger partial charge on any atom is 0.255 e. The lowest BCUT2D eigenvalue weighted by Crippen LogP contribution is -2.43. The largest absolute Gasteiger partial charge is 0.491 e. The number of carbonyl (C=O) groups is 1. The number of hydrogen-bond acceptors (Lipinski definition) is 4. The summed E-state index contributed by atoms with van der Waals surface area (Å²) in [6.45, 7) is 4.40. The van der Waals surface area contributed by atoms with Crippen LogP contribution in [-0.4, -0.2) is 43.6 Å². The first-order chi connectivity index (χ1) is 9.61. The van der Waals surface area contributed by atoms with Gasteiger partial charge in [-0.15, -0.1) is 0 Å². The second kappa shape index (κ2) is 6.61. The van der Waals surface area contributed by atoms with Crippen molar-refractivity contribution in [2.75, 3.05) is 32.5 Å². The Morgan fingerprint density at radius 3 is 2.80 bits per heavy atom. The maximum absolute atomic E-state index is 12.4. The van der Waals surface area contributed by atoms with Gasteiger partial charge in [-0.05, 0) is 52.0 Å². The van der Waals surface area contributed by atoms with E-state index in [0.717, 1.165) is 25.9 Å². The second-order valence-corrected chi connectivity index (χ2v) is 5.21. The number of rotatable bonds is 4. The number of carbonyl (C=O) groups excluding carboxylic acids is 1. The van der Waals surface area contributed by atoms with Crippen molar-refractivity contribution in [2.24, 2.45) is 0 Å². The van der Waals surface area contributed by atoms with Gasteiger partial charge in [0.1, 0.15) is 0 Å². The Labute approximate surface area is 120 Å². The third-order valence-electron chi connectivity index (χ3n) is 3.63. The maximum atomic E-state index is 12.4. The van der Waals surface area contributed by atoms with Gasteiger partial charge in [0.15, 0.2) is 5.75 Å². The van der Waals surface area contributed by atoms with Crippen molar-refractivity contribution in [1.29, 1.82) is 0 Å². The minimum Gasteiger partial charge on any atom is -0.491 e. The molecular formula is C15H23N3O2. The molecule has 0 atom stereocenters. The second-order valence-electron chi connectivity index (χ2n) is 5.21. The molecule has 5 nitrogen and oxygen atoms in total.